The lowest BCUT2D eigenvalue weighted by Gasteiger charge is -2.26. The molecule has 0 spiro atoms. The summed E-state index contributed by atoms with van der Waals surface area (Å²) in [5, 5.41) is 4.06. The van der Waals surface area contributed by atoms with Gasteiger partial charge in [-0.1, -0.05) is 182 Å². The van der Waals surface area contributed by atoms with Crippen molar-refractivity contribution in [3.05, 3.63) is 224 Å². The van der Waals surface area contributed by atoms with Crippen LogP contribution in [0.5, 0.6) is 0 Å². The highest BCUT2D eigenvalue weighted by Gasteiger charge is 2.16. The van der Waals surface area contributed by atoms with Crippen LogP contribution in [0.1, 0.15) is 28.8 Å². The van der Waals surface area contributed by atoms with Gasteiger partial charge in [-0.2, -0.15) is 0 Å². The van der Waals surface area contributed by atoms with Gasteiger partial charge in [0, 0.05) is 17.1 Å². The molecule has 0 radical (unpaired) electrons. The fourth-order valence-corrected chi connectivity index (χ4v) is 6.65. The van der Waals surface area contributed by atoms with Crippen molar-refractivity contribution in [2.45, 2.75) is 0 Å². The molecule has 0 aliphatic heterocycles. The van der Waals surface area contributed by atoms with Crippen LogP contribution in [0.2, 0.25) is 0 Å². The van der Waals surface area contributed by atoms with Crippen molar-refractivity contribution in [3.63, 3.8) is 0 Å². The standard InChI is InChI=1S/C54H37N/c1-2-12-38(13-3-1)39-24-26-40(27-25-39)41-28-32-46(33-29-41)55(48-18-10-17-44(36-48)50-23-11-16-42-14-4-6-19-49(42)50)47-34-30-43(31-35-47)54-37-45-15-5-7-20-51(45)52-21-8-9-22-53(52)54/h1-37H/i1D,2D,3D,10D,12D,13D,17D,18D,24D,25D,26D,27D,28D,29D,30D,31D,32D,33D,34D,35D,36D. The van der Waals surface area contributed by atoms with Gasteiger partial charge in [-0.3, -0.25) is 0 Å². The average molecular weight is 721 g/mol. The van der Waals surface area contributed by atoms with E-state index in [1.54, 1.807) is 66.7 Å². The Bertz CT molecular complexity index is 4090. The molecule has 0 bridgehead atoms. The number of anilines is 3. The van der Waals surface area contributed by atoms with Crippen LogP contribution in [-0.2, 0) is 0 Å². The Morgan fingerprint density at radius 2 is 0.818 bits per heavy atom. The van der Waals surface area contributed by atoms with Crippen LogP contribution in [-0.4, -0.2) is 0 Å². The Balaban J connectivity index is 1.30. The van der Waals surface area contributed by atoms with Gasteiger partial charge >= 0.3 is 0 Å². The first-order valence-corrected chi connectivity index (χ1v) is 17.2. The number of hydrogen-bond donors (Lipinski definition) is 0. The largest absolute Gasteiger partial charge is 0.310 e. The van der Waals surface area contributed by atoms with Gasteiger partial charge in [-0.25, -0.2) is 0 Å². The van der Waals surface area contributed by atoms with E-state index in [9.17, 15) is 16.4 Å². The number of fused-ring (bicyclic) bond motifs is 4. The Hall–Kier alpha value is -7.22. The van der Waals surface area contributed by atoms with E-state index in [1.165, 1.54) is 0 Å². The zero-order valence-corrected chi connectivity index (χ0v) is 28.7. The molecule has 10 rings (SSSR count). The molecule has 0 aliphatic carbocycles. The van der Waals surface area contributed by atoms with Crippen molar-refractivity contribution in [1.29, 1.82) is 0 Å². The van der Waals surface area contributed by atoms with Crippen molar-refractivity contribution in [1.82, 2.24) is 0 Å². The first-order valence-electron chi connectivity index (χ1n) is 27.7. The molecule has 0 heterocycles. The van der Waals surface area contributed by atoms with Crippen molar-refractivity contribution < 1.29 is 28.8 Å². The minimum atomic E-state index is -1.06. The molecule has 10 aromatic carbocycles. The number of rotatable bonds is 7. The second kappa shape index (κ2) is 14.0. The summed E-state index contributed by atoms with van der Waals surface area (Å²) in [6.07, 6.45) is 0. The topological polar surface area (TPSA) is 3.24 Å². The molecule has 0 unspecified atom stereocenters. The molecular weight excluding hydrogens is 663 g/mol. The molecule has 10 aromatic rings. The number of nitrogens with zero attached hydrogens (tertiary/aromatic N) is 1. The zero-order valence-electron chi connectivity index (χ0n) is 49.7. The fraction of sp³-hybridized carbons (Fsp3) is 0. The highest BCUT2D eigenvalue weighted by molar-refractivity contribution is 6.13. The first kappa shape index (κ1) is 17.3. The van der Waals surface area contributed by atoms with E-state index < -0.39 is 166 Å². The van der Waals surface area contributed by atoms with Gasteiger partial charge in [0.1, 0.15) is 0 Å². The van der Waals surface area contributed by atoms with Crippen LogP contribution in [0.25, 0.3) is 76.8 Å². The SMILES string of the molecule is [2H]c1c([2H])c([2H])c(-c2c([2H])c([2H])c(-c3c([2H])c([2H])c(N(c4c([2H])c([2H])c(-c5cc6ccccc6c6ccccc56)c([2H])c4[2H])c4c([2H])c([2H])c([2H])c(-c5cccc6ccccc56)c4[2H])c([2H])c3[2H])c([2H])c2[2H])c([2H])c1[2H]. The van der Waals surface area contributed by atoms with Gasteiger partial charge in [-0.15, -0.1) is 0 Å². The molecule has 0 saturated heterocycles. The van der Waals surface area contributed by atoms with Crippen molar-refractivity contribution in [3.8, 4) is 44.5 Å². The van der Waals surface area contributed by atoms with Gasteiger partial charge in [0.05, 0.1) is 28.8 Å². The maximum Gasteiger partial charge on any atom is 0.0651 e. The van der Waals surface area contributed by atoms with Gasteiger partial charge in [0.25, 0.3) is 0 Å². The average Bonchev–Trinajstić information content (AvgIpc) is 3.47. The van der Waals surface area contributed by atoms with Crippen molar-refractivity contribution in [2.75, 3.05) is 4.90 Å². The summed E-state index contributed by atoms with van der Waals surface area (Å²) in [5.41, 5.74) is -5.18. The molecule has 0 N–H and O–H groups in total. The quantitative estimate of drug-likeness (QED) is 0.148. The summed E-state index contributed by atoms with van der Waals surface area (Å²) in [4.78, 5) is 0.681. The summed E-state index contributed by atoms with van der Waals surface area (Å²) >= 11 is 0. The third kappa shape index (κ3) is 6.12. The van der Waals surface area contributed by atoms with Crippen molar-refractivity contribution in [2.24, 2.45) is 0 Å². The Morgan fingerprint density at radius 3 is 1.51 bits per heavy atom. The van der Waals surface area contributed by atoms with E-state index in [-0.39, 0.29) is 16.7 Å². The van der Waals surface area contributed by atoms with Gasteiger partial charge in [0.2, 0.25) is 0 Å². The minimum absolute atomic E-state index is 0.165. The van der Waals surface area contributed by atoms with Gasteiger partial charge < -0.3 is 4.90 Å². The molecule has 0 aromatic heterocycles. The van der Waals surface area contributed by atoms with E-state index in [2.05, 4.69) is 0 Å². The molecule has 258 valence electrons. The van der Waals surface area contributed by atoms with Crippen LogP contribution in [0.3, 0.4) is 0 Å². The van der Waals surface area contributed by atoms with E-state index in [0.717, 1.165) is 10.8 Å². The second-order valence-electron chi connectivity index (χ2n) is 12.5. The van der Waals surface area contributed by atoms with E-state index in [4.69, 9.17) is 12.3 Å². The van der Waals surface area contributed by atoms with Crippen LogP contribution in [0.15, 0.2) is 224 Å². The molecule has 0 amide bonds. The molecule has 1 heteroatoms. The normalized spacial score (nSPS) is 16.6. The summed E-state index contributed by atoms with van der Waals surface area (Å²) in [6.45, 7) is 0. The second-order valence-corrected chi connectivity index (χ2v) is 12.5. The third-order valence-corrected chi connectivity index (χ3v) is 9.23. The summed E-state index contributed by atoms with van der Waals surface area (Å²) in [5.74, 6) is 0. The van der Waals surface area contributed by atoms with Crippen LogP contribution >= 0.6 is 0 Å². The fourth-order valence-electron chi connectivity index (χ4n) is 6.65. The monoisotopic (exact) mass is 720 g/mol. The van der Waals surface area contributed by atoms with Gasteiger partial charge in [0.15, 0.2) is 0 Å². The smallest absolute Gasteiger partial charge is 0.0651 e. The third-order valence-electron chi connectivity index (χ3n) is 9.23. The molecular formula is C54H37N. The molecule has 0 fully saturated rings. The predicted molar refractivity (Wildman–Crippen MR) is 235 cm³/mol. The van der Waals surface area contributed by atoms with E-state index >= 15 is 0 Å². The molecule has 1 nitrogen and oxygen atoms in total. The lowest BCUT2D eigenvalue weighted by atomic mass is 9.93. The lowest BCUT2D eigenvalue weighted by Crippen LogP contribution is -2.10. The highest BCUT2D eigenvalue weighted by Crippen LogP contribution is 2.41. The van der Waals surface area contributed by atoms with Crippen molar-refractivity contribution >= 4 is 49.4 Å². The predicted octanol–water partition coefficient (Wildman–Crippen LogP) is 15.3. The van der Waals surface area contributed by atoms with Crippen LogP contribution in [0, 0.1) is 0 Å². The van der Waals surface area contributed by atoms with Crippen LogP contribution in [0.4, 0.5) is 17.1 Å². The molecule has 0 atom stereocenters. The van der Waals surface area contributed by atoms with E-state index in [1.807, 2.05) is 30.3 Å². The summed E-state index contributed by atoms with van der Waals surface area (Å²) < 4.78 is 193. The highest BCUT2D eigenvalue weighted by atomic mass is 15.1. The Kier molecular flexibility index (Phi) is 4.39. The minimum Gasteiger partial charge on any atom is -0.310 e. The Labute approximate surface area is 351 Å². The van der Waals surface area contributed by atoms with Gasteiger partial charge in [-0.05, 0) is 119 Å². The number of benzene rings is 10. The number of hydrogen-bond acceptors (Lipinski definition) is 1. The maximum absolute atomic E-state index is 9.90. The molecule has 55 heavy (non-hydrogen) atoms. The zero-order chi connectivity index (χ0) is 54.8. The lowest BCUT2D eigenvalue weighted by molar-refractivity contribution is 1.28. The first-order chi connectivity index (χ1) is 36.0. The molecule has 0 saturated carbocycles. The molecule has 0 aliphatic rings. The summed E-state index contributed by atoms with van der Waals surface area (Å²) in [7, 11) is 0. The van der Waals surface area contributed by atoms with E-state index in [0.29, 0.717) is 32.0 Å². The summed E-state index contributed by atoms with van der Waals surface area (Å²) in [6, 6.07) is 10.2. The Morgan fingerprint density at radius 1 is 0.309 bits per heavy atom. The van der Waals surface area contributed by atoms with Crippen LogP contribution < -0.4 is 4.90 Å². The maximum atomic E-state index is 9.90.